The number of rotatable bonds is 7. The van der Waals surface area contributed by atoms with E-state index in [1.165, 1.54) is 5.56 Å². The fourth-order valence-corrected chi connectivity index (χ4v) is 4.90. The predicted octanol–water partition coefficient (Wildman–Crippen LogP) is 3.65. The van der Waals surface area contributed by atoms with Crippen LogP contribution in [0.3, 0.4) is 0 Å². The van der Waals surface area contributed by atoms with Crippen molar-refractivity contribution in [1.82, 2.24) is 20.2 Å². The smallest absolute Gasteiger partial charge is 0.255 e. The molecular weight excluding hydrogens is 470 g/mol. The second-order valence-corrected chi connectivity index (χ2v) is 9.60. The van der Waals surface area contributed by atoms with Gasteiger partial charge in [-0.05, 0) is 35.1 Å². The Balaban J connectivity index is 1.34. The van der Waals surface area contributed by atoms with E-state index in [4.69, 9.17) is 9.72 Å². The van der Waals surface area contributed by atoms with Crippen LogP contribution < -0.4 is 15.4 Å². The third-order valence-corrected chi connectivity index (χ3v) is 6.85. The minimum atomic E-state index is -0.628. The van der Waals surface area contributed by atoms with Crippen LogP contribution >= 0.6 is 0 Å². The van der Waals surface area contributed by atoms with Gasteiger partial charge in [-0.15, -0.1) is 0 Å². The number of amides is 3. The molecule has 2 aliphatic rings. The van der Waals surface area contributed by atoms with E-state index in [-0.39, 0.29) is 18.2 Å². The van der Waals surface area contributed by atoms with Crippen LogP contribution in [0.4, 0.5) is 5.82 Å². The second-order valence-electron chi connectivity index (χ2n) is 9.60. The van der Waals surface area contributed by atoms with Crippen molar-refractivity contribution in [3.8, 4) is 17.1 Å². The van der Waals surface area contributed by atoms with Crippen molar-refractivity contribution in [1.29, 1.82) is 0 Å². The van der Waals surface area contributed by atoms with Gasteiger partial charge in [-0.2, -0.15) is 0 Å². The molecule has 0 spiro atoms. The molecule has 1 aromatic heterocycles. The predicted molar refractivity (Wildman–Crippen MR) is 138 cm³/mol. The molecule has 1 fully saturated rings. The molecule has 5 rings (SSSR count). The number of carbonyl (C=O) groups is 3. The first-order chi connectivity index (χ1) is 17.9. The number of hydrogen-bond acceptors (Lipinski definition) is 7. The van der Waals surface area contributed by atoms with Crippen molar-refractivity contribution >= 4 is 23.5 Å². The van der Waals surface area contributed by atoms with Gasteiger partial charge in [0.1, 0.15) is 6.04 Å². The zero-order chi connectivity index (χ0) is 26.1. The molecule has 2 aliphatic heterocycles. The molecule has 3 aromatic rings. The minimum absolute atomic E-state index is 0.185. The zero-order valence-electron chi connectivity index (χ0n) is 21.1. The van der Waals surface area contributed by atoms with Crippen molar-refractivity contribution in [3.05, 3.63) is 70.9 Å². The first kappa shape index (κ1) is 24.4. The van der Waals surface area contributed by atoms with Gasteiger partial charge < -0.3 is 15.0 Å². The van der Waals surface area contributed by atoms with Crippen molar-refractivity contribution < 1.29 is 19.1 Å². The highest BCUT2D eigenvalue weighted by molar-refractivity contribution is 6.05. The maximum atomic E-state index is 13.0. The van der Waals surface area contributed by atoms with Gasteiger partial charge in [0.05, 0.1) is 13.3 Å². The van der Waals surface area contributed by atoms with Crippen LogP contribution in [-0.4, -0.2) is 45.7 Å². The lowest BCUT2D eigenvalue weighted by molar-refractivity contribution is -0.136. The number of ether oxygens (including phenoxy) is 1. The third-order valence-electron chi connectivity index (χ3n) is 6.85. The first-order valence-corrected chi connectivity index (χ1v) is 12.4. The van der Waals surface area contributed by atoms with Gasteiger partial charge in [0.25, 0.3) is 5.91 Å². The largest absolute Gasteiger partial charge is 0.491 e. The maximum Gasteiger partial charge on any atom is 0.255 e. The second kappa shape index (κ2) is 10.0. The molecule has 9 nitrogen and oxygen atoms in total. The Morgan fingerprint density at radius 3 is 2.70 bits per heavy atom. The summed E-state index contributed by atoms with van der Waals surface area (Å²) in [5, 5.41) is 5.69. The Hall–Kier alpha value is -4.27. The number of carbonyl (C=O) groups excluding carboxylic acids is 3. The molecule has 0 radical (unpaired) electrons. The molecule has 1 atom stereocenters. The van der Waals surface area contributed by atoms with E-state index in [1.54, 1.807) is 24.3 Å². The average Bonchev–Trinajstić information content (AvgIpc) is 3.22. The molecule has 9 heteroatoms. The standard InChI is InChI=1S/C28H29N5O4/c1-16(2)19-6-4-5-7-21(19)25-30-14-23(37-3)26(32-25)29-13-17-8-9-20-18(12-17)15-33(28(20)36)22-10-11-24(34)31-27(22)35/h4-9,12,14,16,22H,10-11,13,15H2,1-3H3,(H,29,30,32)(H,31,34,35). The fourth-order valence-electron chi connectivity index (χ4n) is 4.90. The van der Waals surface area contributed by atoms with Crippen LogP contribution in [0.15, 0.2) is 48.7 Å². The Kier molecular flexibility index (Phi) is 6.60. The molecule has 2 aromatic carbocycles. The van der Waals surface area contributed by atoms with Crippen molar-refractivity contribution in [3.63, 3.8) is 0 Å². The normalized spacial score (nSPS) is 17.1. The topological polar surface area (TPSA) is 114 Å². The molecule has 190 valence electrons. The molecule has 3 heterocycles. The molecule has 2 N–H and O–H groups in total. The molecule has 3 amide bonds. The Bertz CT molecular complexity index is 1390. The highest BCUT2D eigenvalue weighted by Gasteiger charge is 2.39. The van der Waals surface area contributed by atoms with E-state index < -0.39 is 11.9 Å². The average molecular weight is 500 g/mol. The molecule has 0 saturated carbocycles. The summed E-state index contributed by atoms with van der Waals surface area (Å²) in [7, 11) is 1.58. The van der Waals surface area contributed by atoms with Crippen molar-refractivity contribution in [2.75, 3.05) is 12.4 Å². The van der Waals surface area contributed by atoms with Gasteiger partial charge in [0.2, 0.25) is 11.8 Å². The lowest BCUT2D eigenvalue weighted by atomic mass is 9.97. The molecular formula is C28H29N5O4. The Labute approximate surface area is 215 Å². The highest BCUT2D eigenvalue weighted by Crippen LogP contribution is 2.31. The number of nitrogens with one attached hydrogen (secondary N) is 2. The zero-order valence-corrected chi connectivity index (χ0v) is 21.1. The number of benzene rings is 2. The van der Waals surface area contributed by atoms with Gasteiger partial charge in [-0.3, -0.25) is 19.7 Å². The van der Waals surface area contributed by atoms with Crippen LogP contribution in [0.25, 0.3) is 11.4 Å². The SMILES string of the molecule is COc1cnc(-c2ccccc2C(C)C)nc1NCc1ccc2c(c1)CN(C1CCC(=O)NC1=O)C2=O. The number of nitrogens with zero attached hydrogens (tertiary/aromatic N) is 3. The number of aromatic nitrogens is 2. The summed E-state index contributed by atoms with van der Waals surface area (Å²) in [5.74, 6) is 1.16. The van der Waals surface area contributed by atoms with E-state index in [1.807, 2.05) is 30.3 Å². The summed E-state index contributed by atoms with van der Waals surface area (Å²) in [4.78, 5) is 47.6. The number of piperidine rings is 1. The summed E-state index contributed by atoms with van der Waals surface area (Å²) >= 11 is 0. The van der Waals surface area contributed by atoms with Crippen molar-refractivity contribution in [2.24, 2.45) is 0 Å². The molecule has 0 bridgehead atoms. The Morgan fingerprint density at radius 1 is 1.14 bits per heavy atom. The van der Waals surface area contributed by atoms with Crippen LogP contribution in [0.1, 0.15) is 59.7 Å². The minimum Gasteiger partial charge on any atom is -0.491 e. The van der Waals surface area contributed by atoms with Crippen LogP contribution in [-0.2, 0) is 22.7 Å². The maximum absolute atomic E-state index is 13.0. The van der Waals surface area contributed by atoms with Gasteiger partial charge in [0.15, 0.2) is 17.4 Å². The van der Waals surface area contributed by atoms with Crippen LogP contribution in [0.5, 0.6) is 5.75 Å². The highest BCUT2D eigenvalue weighted by atomic mass is 16.5. The lowest BCUT2D eigenvalue weighted by Crippen LogP contribution is -2.52. The van der Waals surface area contributed by atoms with E-state index >= 15 is 0 Å². The van der Waals surface area contributed by atoms with Crippen LogP contribution in [0, 0.1) is 0 Å². The third kappa shape index (κ3) is 4.76. The number of methoxy groups -OCH3 is 1. The number of imide groups is 1. The summed E-state index contributed by atoms with van der Waals surface area (Å²) in [6.45, 7) is 5.07. The van der Waals surface area contributed by atoms with Gasteiger partial charge >= 0.3 is 0 Å². The molecule has 1 saturated heterocycles. The van der Waals surface area contributed by atoms with E-state index in [0.29, 0.717) is 48.4 Å². The quantitative estimate of drug-likeness (QED) is 0.477. The monoisotopic (exact) mass is 499 g/mol. The van der Waals surface area contributed by atoms with Gasteiger partial charge in [-0.25, -0.2) is 9.97 Å². The van der Waals surface area contributed by atoms with Crippen molar-refractivity contribution in [2.45, 2.75) is 51.7 Å². The Morgan fingerprint density at radius 2 is 1.95 bits per heavy atom. The number of hydrogen-bond donors (Lipinski definition) is 2. The van der Waals surface area contributed by atoms with E-state index in [0.717, 1.165) is 16.7 Å². The van der Waals surface area contributed by atoms with Crippen LogP contribution in [0.2, 0.25) is 0 Å². The van der Waals surface area contributed by atoms with Gasteiger partial charge in [-0.1, -0.05) is 50.2 Å². The summed E-state index contributed by atoms with van der Waals surface area (Å²) in [5.41, 5.74) is 4.55. The summed E-state index contributed by atoms with van der Waals surface area (Å²) < 4.78 is 5.49. The molecule has 37 heavy (non-hydrogen) atoms. The summed E-state index contributed by atoms with van der Waals surface area (Å²) in [6, 6.07) is 13.1. The summed E-state index contributed by atoms with van der Waals surface area (Å²) in [6.07, 6.45) is 2.24. The van der Waals surface area contributed by atoms with E-state index in [2.05, 4.69) is 35.5 Å². The molecule has 0 aliphatic carbocycles. The van der Waals surface area contributed by atoms with Gasteiger partial charge in [0, 0.05) is 30.6 Å². The lowest BCUT2D eigenvalue weighted by Gasteiger charge is -2.29. The first-order valence-electron chi connectivity index (χ1n) is 12.4. The number of anilines is 1. The van der Waals surface area contributed by atoms with E-state index in [9.17, 15) is 14.4 Å². The fraction of sp³-hybridized carbons (Fsp3) is 0.321. The molecule has 1 unspecified atom stereocenters. The number of fused-ring (bicyclic) bond motifs is 1.